The van der Waals surface area contributed by atoms with Crippen LogP contribution in [0.25, 0.3) is 0 Å². The average molecular weight is 179 g/mol. The Balaban J connectivity index is 2.37. The van der Waals surface area contributed by atoms with Crippen molar-refractivity contribution >= 4 is 17.2 Å². The molecular formula is C8H9N3S. The second kappa shape index (κ2) is 2.48. The van der Waals surface area contributed by atoms with Crippen molar-refractivity contribution in [2.24, 2.45) is 5.73 Å². The molecule has 1 aromatic rings. The van der Waals surface area contributed by atoms with Crippen LogP contribution < -0.4 is 5.73 Å². The highest BCUT2D eigenvalue weighted by atomic mass is 32.1. The summed E-state index contributed by atoms with van der Waals surface area (Å²) in [6, 6.07) is 1.88. The number of aromatic nitrogens is 2. The van der Waals surface area contributed by atoms with Crippen molar-refractivity contribution in [2.45, 2.75) is 18.3 Å². The maximum absolute atomic E-state index is 5.64. The topological polar surface area (TPSA) is 51.8 Å². The van der Waals surface area contributed by atoms with E-state index in [9.17, 15) is 0 Å². The highest BCUT2D eigenvalue weighted by molar-refractivity contribution is 7.80. The van der Waals surface area contributed by atoms with Crippen LogP contribution in [-0.4, -0.2) is 15.0 Å². The van der Waals surface area contributed by atoms with Crippen molar-refractivity contribution in [2.75, 3.05) is 0 Å². The lowest BCUT2D eigenvalue weighted by atomic mass is 10.0. The molecule has 0 saturated heterocycles. The standard InChI is InChI=1S/C8H9N3S/c9-7(12)8(2-3-8)6-1-4-10-5-11-6/h1,4-5H,2-3H2,(H2,9,12). The zero-order chi connectivity index (χ0) is 8.60. The average Bonchev–Trinajstić information content (AvgIpc) is 2.86. The van der Waals surface area contributed by atoms with E-state index in [4.69, 9.17) is 18.0 Å². The number of hydrogen-bond acceptors (Lipinski definition) is 3. The Hall–Kier alpha value is -1.03. The van der Waals surface area contributed by atoms with Crippen LogP contribution in [0.4, 0.5) is 0 Å². The van der Waals surface area contributed by atoms with Gasteiger partial charge in [0.05, 0.1) is 16.1 Å². The van der Waals surface area contributed by atoms with Gasteiger partial charge in [-0.15, -0.1) is 0 Å². The van der Waals surface area contributed by atoms with E-state index in [1.807, 2.05) is 6.07 Å². The second-order valence-electron chi connectivity index (χ2n) is 3.04. The van der Waals surface area contributed by atoms with Gasteiger partial charge < -0.3 is 5.73 Å². The Morgan fingerprint density at radius 3 is 2.75 bits per heavy atom. The first kappa shape index (κ1) is 7.61. The summed E-state index contributed by atoms with van der Waals surface area (Å²) in [5.74, 6) is 0. The quantitative estimate of drug-likeness (QED) is 0.682. The molecule has 0 bridgehead atoms. The lowest BCUT2D eigenvalue weighted by molar-refractivity contribution is 0.876. The molecule has 0 atom stereocenters. The van der Waals surface area contributed by atoms with Gasteiger partial charge in [0.25, 0.3) is 0 Å². The summed E-state index contributed by atoms with van der Waals surface area (Å²) in [7, 11) is 0. The minimum atomic E-state index is -0.0989. The molecule has 2 rings (SSSR count). The van der Waals surface area contributed by atoms with Gasteiger partial charge in [-0.25, -0.2) is 9.97 Å². The van der Waals surface area contributed by atoms with Gasteiger partial charge in [-0.1, -0.05) is 12.2 Å². The maximum atomic E-state index is 5.64. The van der Waals surface area contributed by atoms with Gasteiger partial charge in [-0.3, -0.25) is 0 Å². The number of thiocarbonyl (C=S) groups is 1. The molecule has 62 valence electrons. The number of nitrogens with two attached hydrogens (primary N) is 1. The molecule has 0 aromatic carbocycles. The van der Waals surface area contributed by atoms with Crippen molar-refractivity contribution < 1.29 is 0 Å². The summed E-state index contributed by atoms with van der Waals surface area (Å²) in [5, 5.41) is 0. The Labute approximate surface area is 76.0 Å². The van der Waals surface area contributed by atoms with Gasteiger partial charge in [0.1, 0.15) is 6.33 Å². The third-order valence-corrected chi connectivity index (χ3v) is 2.68. The molecule has 1 aliphatic rings. The third-order valence-electron chi connectivity index (χ3n) is 2.29. The van der Waals surface area contributed by atoms with Crippen molar-refractivity contribution in [3.05, 3.63) is 24.3 Å². The van der Waals surface area contributed by atoms with E-state index >= 15 is 0 Å². The number of nitrogens with zero attached hydrogens (tertiary/aromatic N) is 2. The van der Waals surface area contributed by atoms with E-state index in [-0.39, 0.29) is 5.41 Å². The summed E-state index contributed by atoms with van der Waals surface area (Å²) in [6.45, 7) is 0. The Morgan fingerprint density at radius 1 is 1.58 bits per heavy atom. The summed E-state index contributed by atoms with van der Waals surface area (Å²) in [6.07, 6.45) is 5.31. The fourth-order valence-corrected chi connectivity index (χ4v) is 1.64. The molecule has 2 N–H and O–H groups in total. The van der Waals surface area contributed by atoms with Crippen molar-refractivity contribution in [3.8, 4) is 0 Å². The Kier molecular flexibility index (Phi) is 1.58. The molecule has 1 heterocycles. The van der Waals surface area contributed by atoms with Crippen molar-refractivity contribution in [3.63, 3.8) is 0 Å². The molecule has 1 saturated carbocycles. The molecular weight excluding hydrogens is 170 g/mol. The van der Waals surface area contributed by atoms with Gasteiger partial charge in [0.15, 0.2) is 0 Å². The molecule has 3 nitrogen and oxygen atoms in total. The van der Waals surface area contributed by atoms with Crippen LogP contribution in [0.5, 0.6) is 0 Å². The van der Waals surface area contributed by atoms with E-state index in [1.165, 1.54) is 6.33 Å². The van der Waals surface area contributed by atoms with E-state index in [2.05, 4.69) is 9.97 Å². The smallest absolute Gasteiger partial charge is 0.115 e. The molecule has 0 aliphatic heterocycles. The first-order chi connectivity index (χ1) is 5.76. The van der Waals surface area contributed by atoms with Crippen LogP contribution in [0, 0.1) is 0 Å². The summed E-state index contributed by atoms with van der Waals surface area (Å²) in [5.41, 5.74) is 6.50. The molecule has 4 heteroatoms. The van der Waals surface area contributed by atoms with Crippen LogP contribution >= 0.6 is 12.2 Å². The molecule has 0 unspecified atom stereocenters. The van der Waals surface area contributed by atoms with Crippen LogP contribution in [0.3, 0.4) is 0 Å². The van der Waals surface area contributed by atoms with Crippen molar-refractivity contribution in [1.82, 2.24) is 9.97 Å². The van der Waals surface area contributed by atoms with Crippen LogP contribution in [-0.2, 0) is 5.41 Å². The highest BCUT2D eigenvalue weighted by Crippen LogP contribution is 2.47. The van der Waals surface area contributed by atoms with Crippen LogP contribution in [0.15, 0.2) is 18.6 Å². The fraction of sp³-hybridized carbons (Fsp3) is 0.375. The Bertz CT molecular complexity index is 305. The van der Waals surface area contributed by atoms with Gasteiger partial charge in [0, 0.05) is 6.20 Å². The van der Waals surface area contributed by atoms with Gasteiger partial charge in [-0.05, 0) is 18.9 Å². The van der Waals surface area contributed by atoms with Gasteiger partial charge >= 0.3 is 0 Å². The SMILES string of the molecule is NC(=S)C1(c2ccncn2)CC1. The molecule has 0 amide bonds. The molecule has 1 aromatic heterocycles. The molecule has 12 heavy (non-hydrogen) atoms. The zero-order valence-electron chi connectivity index (χ0n) is 6.53. The number of hydrogen-bond donors (Lipinski definition) is 1. The lowest BCUT2D eigenvalue weighted by Gasteiger charge is -2.10. The van der Waals surface area contributed by atoms with E-state index in [0.717, 1.165) is 18.5 Å². The van der Waals surface area contributed by atoms with Crippen LogP contribution in [0.2, 0.25) is 0 Å². The fourth-order valence-electron chi connectivity index (χ4n) is 1.33. The van der Waals surface area contributed by atoms with Gasteiger partial charge in [0.2, 0.25) is 0 Å². The van der Waals surface area contributed by atoms with Crippen LogP contribution in [0.1, 0.15) is 18.5 Å². The molecule has 1 fully saturated rings. The summed E-state index contributed by atoms with van der Waals surface area (Å²) >= 11 is 4.99. The van der Waals surface area contributed by atoms with E-state index in [0.29, 0.717) is 4.99 Å². The van der Waals surface area contributed by atoms with E-state index in [1.54, 1.807) is 6.20 Å². The molecule has 0 radical (unpaired) electrons. The third kappa shape index (κ3) is 0.992. The Morgan fingerprint density at radius 2 is 2.33 bits per heavy atom. The summed E-state index contributed by atoms with van der Waals surface area (Å²) < 4.78 is 0. The normalized spacial score (nSPS) is 18.7. The minimum Gasteiger partial charge on any atom is -0.393 e. The predicted octanol–water partition coefficient (Wildman–Crippen LogP) is 0.794. The molecule has 1 aliphatic carbocycles. The first-order valence-electron chi connectivity index (χ1n) is 3.82. The summed E-state index contributed by atoms with van der Waals surface area (Å²) in [4.78, 5) is 8.56. The highest BCUT2D eigenvalue weighted by Gasteiger charge is 2.48. The number of rotatable bonds is 2. The first-order valence-corrected chi connectivity index (χ1v) is 4.23. The lowest BCUT2D eigenvalue weighted by Crippen LogP contribution is -2.27. The second-order valence-corrected chi connectivity index (χ2v) is 3.48. The van der Waals surface area contributed by atoms with E-state index < -0.39 is 0 Å². The van der Waals surface area contributed by atoms with Crippen molar-refractivity contribution in [1.29, 1.82) is 0 Å². The van der Waals surface area contributed by atoms with Gasteiger partial charge in [-0.2, -0.15) is 0 Å². The maximum Gasteiger partial charge on any atom is 0.115 e. The molecule has 0 spiro atoms. The monoisotopic (exact) mass is 179 g/mol. The zero-order valence-corrected chi connectivity index (χ0v) is 7.34. The predicted molar refractivity (Wildman–Crippen MR) is 49.7 cm³/mol. The largest absolute Gasteiger partial charge is 0.393 e. The minimum absolute atomic E-state index is 0.0989.